The van der Waals surface area contributed by atoms with Gasteiger partial charge in [-0.1, -0.05) is 23.7 Å². The van der Waals surface area contributed by atoms with Crippen LogP contribution in [-0.4, -0.2) is 33.9 Å². The van der Waals surface area contributed by atoms with E-state index >= 15 is 0 Å². The first-order chi connectivity index (χ1) is 13.5. The molecule has 6 nitrogen and oxygen atoms in total. The van der Waals surface area contributed by atoms with Crippen molar-refractivity contribution in [2.24, 2.45) is 0 Å². The van der Waals surface area contributed by atoms with Gasteiger partial charge in [0.1, 0.15) is 5.82 Å². The summed E-state index contributed by atoms with van der Waals surface area (Å²) in [5, 5.41) is 3.32. The Morgan fingerprint density at radius 1 is 1.25 bits per heavy atom. The highest BCUT2D eigenvalue weighted by Gasteiger charge is 2.18. The van der Waals surface area contributed by atoms with Gasteiger partial charge in [-0.15, -0.1) is 11.3 Å². The van der Waals surface area contributed by atoms with Crippen LogP contribution in [0.15, 0.2) is 36.7 Å². The Kier molecular flexibility index (Phi) is 6.53. The van der Waals surface area contributed by atoms with Gasteiger partial charge in [0.25, 0.3) is 5.91 Å². The van der Waals surface area contributed by atoms with E-state index < -0.39 is 5.91 Å². The van der Waals surface area contributed by atoms with Crippen LogP contribution in [0.25, 0.3) is 0 Å². The number of halogens is 2. The number of hydrogen-bond donors (Lipinski definition) is 1. The topological polar surface area (TPSA) is 71.0 Å². The average molecular weight is 420 g/mol. The van der Waals surface area contributed by atoms with Crippen molar-refractivity contribution in [3.63, 3.8) is 0 Å². The van der Waals surface area contributed by atoms with Crippen LogP contribution < -0.4 is 10.2 Å². The number of hydrogen-bond acceptors (Lipinski definition) is 6. The lowest BCUT2D eigenvalue weighted by Crippen LogP contribution is -2.25. The molecule has 146 valence electrons. The van der Waals surface area contributed by atoms with Crippen molar-refractivity contribution in [2.75, 3.05) is 23.3 Å². The molecule has 0 fully saturated rings. The molecule has 2 aromatic heterocycles. The molecule has 1 aromatic carbocycles. The Bertz CT molecular complexity index is 976. The summed E-state index contributed by atoms with van der Waals surface area (Å²) >= 11 is 7.44. The minimum Gasteiger partial charge on any atom is -0.341 e. The van der Waals surface area contributed by atoms with Gasteiger partial charge < -0.3 is 4.90 Å². The predicted molar refractivity (Wildman–Crippen MR) is 110 cm³/mol. The van der Waals surface area contributed by atoms with E-state index in [0.29, 0.717) is 17.5 Å². The molecule has 0 atom stereocenters. The van der Waals surface area contributed by atoms with Crippen LogP contribution >= 0.6 is 22.9 Å². The van der Waals surface area contributed by atoms with Crippen LogP contribution in [0, 0.1) is 5.82 Å². The fourth-order valence-corrected chi connectivity index (χ4v) is 3.65. The standard InChI is InChI=1S/C19H19ClFN5OS/c1-3-26(4-2)18-22-11-15(20)16(24-18)17(27)25-19-23-10-14(28-19)9-12-6-5-7-13(21)8-12/h5-8,10-11H,3-4,9H2,1-2H3,(H,23,25,27). The second kappa shape index (κ2) is 9.07. The van der Waals surface area contributed by atoms with E-state index in [1.165, 1.54) is 29.7 Å². The molecule has 0 spiro atoms. The van der Waals surface area contributed by atoms with Crippen molar-refractivity contribution < 1.29 is 9.18 Å². The smallest absolute Gasteiger partial charge is 0.277 e. The molecule has 0 radical (unpaired) electrons. The van der Waals surface area contributed by atoms with Gasteiger partial charge in [-0.2, -0.15) is 0 Å². The highest BCUT2D eigenvalue weighted by atomic mass is 35.5. The van der Waals surface area contributed by atoms with E-state index in [4.69, 9.17) is 11.6 Å². The lowest BCUT2D eigenvalue weighted by atomic mass is 10.1. The van der Waals surface area contributed by atoms with Crippen molar-refractivity contribution in [1.29, 1.82) is 0 Å². The molecule has 1 N–H and O–H groups in total. The maximum atomic E-state index is 13.3. The maximum Gasteiger partial charge on any atom is 0.277 e. The van der Waals surface area contributed by atoms with Crippen LogP contribution in [0.3, 0.4) is 0 Å². The Morgan fingerprint density at radius 2 is 2.04 bits per heavy atom. The summed E-state index contributed by atoms with van der Waals surface area (Å²) in [6.07, 6.45) is 3.62. The van der Waals surface area contributed by atoms with Crippen LogP contribution in [0.2, 0.25) is 5.02 Å². The fourth-order valence-electron chi connectivity index (χ4n) is 2.63. The number of benzene rings is 1. The maximum absolute atomic E-state index is 13.3. The molecule has 0 unspecified atom stereocenters. The van der Waals surface area contributed by atoms with Gasteiger partial charge >= 0.3 is 0 Å². The van der Waals surface area contributed by atoms with Crippen LogP contribution in [0.4, 0.5) is 15.5 Å². The lowest BCUT2D eigenvalue weighted by molar-refractivity contribution is 0.102. The third kappa shape index (κ3) is 4.82. The SMILES string of the molecule is CCN(CC)c1ncc(Cl)c(C(=O)Nc2ncc(Cc3cccc(F)c3)s2)n1. The summed E-state index contributed by atoms with van der Waals surface area (Å²) < 4.78 is 13.3. The highest BCUT2D eigenvalue weighted by Crippen LogP contribution is 2.23. The zero-order chi connectivity index (χ0) is 20.1. The summed E-state index contributed by atoms with van der Waals surface area (Å²) in [5.41, 5.74) is 0.935. The van der Waals surface area contributed by atoms with E-state index in [-0.39, 0.29) is 16.5 Å². The van der Waals surface area contributed by atoms with Crippen molar-refractivity contribution >= 4 is 39.9 Å². The van der Waals surface area contributed by atoms with Crippen molar-refractivity contribution in [1.82, 2.24) is 15.0 Å². The molecule has 3 aromatic rings. The molecule has 0 aliphatic heterocycles. The summed E-state index contributed by atoms with van der Waals surface area (Å²) in [5.74, 6) is -0.282. The van der Waals surface area contributed by atoms with Crippen molar-refractivity contribution in [3.8, 4) is 0 Å². The van der Waals surface area contributed by atoms with Gasteiger partial charge in [0.2, 0.25) is 5.95 Å². The second-order valence-electron chi connectivity index (χ2n) is 5.93. The fraction of sp³-hybridized carbons (Fsp3) is 0.263. The predicted octanol–water partition coefficient (Wildman–Crippen LogP) is 4.41. The van der Waals surface area contributed by atoms with Gasteiger partial charge in [0.05, 0.1) is 11.2 Å². The lowest BCUT2D eigenvalue weighted by Gasteiger charge is -2.18. The molecule has 9 heteroatoms. The van der Waals surface area contributed by atoms with Crippen molar-refractivity contribution in [3.05, 3.63) is 63.6 Å². The summed E-state index contributed by atoms with van der Waals surface area (Å²) in [6.45, 7) is 5.40. The normalized spacial score (nSPS) is 10.7. The third-order valence-corrected chi connectivity index (χ3v) is 5.22. The zero-order valence-corrected chi connectivity index (χ0v) is 17.0. The molecule has 28 heavy (non-hydrogen) atoms. The Balaban J connectivity index is 1.73. The number of amides is 1. The molecular weight excluding hydrogens is 401 g/mol. The second-order valence-corrected chi connectivity index (χ2v) is 7.45. The molecule has 0 saturated carbocycles. The molecule has 3 rings (SSSR count). The molecule has 0 aliphatic rings. The largest absolute Gasteiger partial charge is 0.341 e. The van der Waals surface area contributed by atoms with E-state index in [1.54, 1.807) is 12.3 Å². The average Bonchev–Trinajstić information content (AvgIpc) is 3.10. The summed E-state index contributed by atoms with van der Waals surface area (Å²) in [6, 6.07) is 6.39. The number of carbonyl (C=O) groups excluding carboxylic acids is 1. The third-order valence-electron chi connectivity index (χ3n) is 4.03. The number of anilines is 2. The van der Waals surface area contributed by atoms with E-state index in [0.717, 1.165) is 23.5 Å². The first kappa shape index (κ1) is 20.2. The van der Waals surface area contributed by atoms with Crippen LogP contribution in [-0.2, 0) is 6.42 Å². The van der Waals surface area contributed by atoms with Gasteiger partial charge in [0, 0.05) is 30.6 Å². The number of nitrogens with zero attached hydrogens (tertiary/aromatic N) is 4. The molecule has 1 amide bonds. The van der Waals surface area contributed by atoms with E-state index in [1.807, 2.05) is 24.8 Å². The first-order valence-electron chi connectivity index (χ1n) is 8.78. The number of aromatic nitrogens is 3. The Labute approximate surface area is 171 Å². The van der Waals surface area contributed by atoms with Crippen LogP contribution in [0.1, 0.15) is 34.8 Å². The van der Waals surface area contributed by atoms with Crippen LogP contribution in [0.5, 0.6) is 0 Å². The molecule has 2 heterocycles. The summed E-state index contributed by atoms with van der Waals surface area (Å²) in [4.78, 5) is 28.1. The molecular formula is C19H19ClFN5OS. The van der Waals surface area contributed by atoms with Gasteiger partial charge in [0.15, 0.2) is 10.8 Å². The van der Waals surface area contributed by atoms with E-state index in [9.17, 15) is 9.18 Å². The number of thiazole rings is 1. The van der Waals surface area contributed by atoms with E-state index in [2.05, 4.69) is 20.3 Å². The van der Waals surface area contributed by atoms with Gasteiger partial charge in [-0.25, -0.2) is 19.3 Å². The molecule has 0 saturated heterocycles. The number of nitrogens with one attached hydrogen (secondary N) is 1. The van der Waals surface area contributed by atoms with Gasteiger partial charge in [-0.05, 0) is 31.5 Å². The first-order valence-corrected chi connectivity index (χ1v) is 9.97. The quantitative estimate of drug-likeness (QED) is 0.614. The monoisotopic (exact) mass is 419 g/mol. The number of carbonyl (C=O) groups is 1. The molecule has 0 aliphatic carbocycles. The minimum absolute atomic E-state index is 0.0976. The zero-order valence-electron chi connectivity index (χ0n) is 15.4. The minimum atomic E-state index is -0.451. The Hall–Kier alpha value is -2.58. The highest BCUT2D eigenvalue weighted by molar-refractivity contribution is 7.15. The van der Waals surface area contributed by atoms with Crippen molar-refractivity contribution in [2.45, 2.75) is 20.3 Å². The summed E-state index contributed by atoms with van der Waals surface area (Å²) in [7, 11) is 0. The Morgan fingerprint density at radius 3 is 2.75 bits per heavy atom. The molecule has 0 bridgehead atoms. The number of rotatable bonds is 7. The van der Waals surface area contributed by atoms with Gasteiger partial charge in [-0.3, -0.25) is 10.1 Å².